The normalized spacial score (nSPS) is 14.8. The number of nitriles is 1. The lowest BCUT2D eigenvalue weighted by Gasteiger charge is -2.35. The van der Waals surface area contributed by atoms with Gasteiger partial charge in [0.1, 0.15) is 23.0 Å². The van der Waals surface area contributed by atoms with E-state index in [1.165, 1.54) is 13.3 Å². The maximum Gasteiger partial charge on any atom is 0.410 e. The summed E-state index contributed by atoms with van der Waals surface area (Å²) in [5.74, 6) is -0.0492. The van der Waals surface area contributed by atoms with Crippen LogP contribution in [0.15, 0.2) is 30.0 Å². The lowest BCUT2D eigenvalue weighted by Crippen LogP contribution is -2.48. The predicted molar refractivity (Wildman–Crippen MR) is 110 cm³/mol. The molecule has 2 amide bonds. The highest BCUT2D eigenvalue weighted by molar-refractivity contribution is 6.32. The molecule has 9 heteroatoms. The minimum Gasteiger partial charge on any atom is -0.495 e. The van der Waals surface area contributed by atoms with E-state index in [0.29, 0.717) is 42.6 Å². The van der Waals surface area contributed by atoms with Crippen molar-refractivity contribution in [2.45, 2.75) is 26.4 Å². The molecule has 8 nitrogen and oxygen atoms in total. The second-order valence-electron chi connectivity index (χ2n) is 7.46. The average Bonchev–Trinajstić information content (AvgIpc) is 2.65. The molecule has 0 spiro atoms. The maximum atomic E-state index is 12.4. The van der Waals surface area contributed by atoms with Gasteiger partial charge in [0, 0.05) is 38.1 Å². The molecule has 29 heavy (non-hydrogen) atoms. The fraction of sp³-hybridized carbons (Fsp3) is 0.450. The molecule has 1 heterocycles. The number of methoxy groups -OCH3 is 1. The highest BCUT2D eigenvalue weighted by Crippen LogP contribution is 2.27. The van der Waals surface area contributed by atoms with Crippen LogP contribution in [0.25, 0.3) is 0 Å². The third-order valence-corrected chi connectivity index (χ3v) is 4.35. The molecule has 1 N–H and O–H groups in total. The maximum absolute atomic E-state index is 12.4. The number of carbonyl (C=O) groups excluding carboxylic acids is 2. The molecule has 2 rings (SSSR count). The van der Waals surface area contributed by atoms with Crippen molar-refractivity contribution < 1.29 is 19.1 Å². The Bertz CT molecular complexity index is 834. The second-order valence-corrected chi connectivity index (χ2v) is 7.87. The second kappa shape index (κ2) is 9.52. The number of ether oxygens (including phenoxy) is 2. The fourth-order valence-corrected chi connectivity index (χ4v) is 2.88. The molecule has 0 atom stereocenters. The van der Waals surface area contributed by atoms with Gasteiger partial charge in [-0.15, -0.1) is 0 Å². The Morgan fingerprint density at radius 2 is 1.90 bits per heavy atom. The summed E-state index contributed by atoms with van der Waals surface area (Å²) < 4.78 is 10.4. The Labute approximate surface area is 175 Å². The van der Waals surface area contributed by atoms with Gasteiger partial charge in [-0.05, 0) is 39.0 Å². The molecule has 156 valence electrons. The Morgan fingerprint density at radius 1 is 1.24 bits per heavy atom. The quantitative estimate of drug-likeness (QED) is 0.593. The first-order valence-electron chi connectivity index (χ1n) is 9.11. The van der Waals surface area contributed by atoms with Crippen LogP contribution in [0.3, 0.4) is 0 Å². The van der Waals surface area contributed by atoms with Crippen molar-refractivity contribution in [3.8, 4) is 11.8 Å². The van der Waals surface area contributed by atoms with E-state index in [-0.39, 0.29) is 11.7 Å². The van der Waals surface area contributed by atoms with Crippen LogP contribution < -0.4 is 10.1 Å². The number of piperazine rings is 1. The van der Waals surface area contributed by atoms with E-state index in [0.717, 1.165) is 0 Å². The molecule has 1 aliphatic heterocycles. The number of nitrogens with zero attached hydrogens (tertiary/aromatic N) is 3. The third kappa shape index (κ3) is 6.57. The summed E-state index contributed by atoms with van der Waals surface area (Å²) in [6.07, 6.45) is 1.14. The number of benzene rings is 1. The first-order valence-corrected chi connectivity index (χ1v) is 9.49. The molecule has 0 radical (unpaired) electrons. The highest BCUT2D eigenvalue weighted by atomic mass is 35.5. The first-order chi connectivity index (χ1) is 13.6. The summed E-state index contributed by atoms with van der Waals surface area (Å²) in [4.78, 5) is 28.0. The molecule has 0 bridgehead atoms. The molecule has 1 fully saturated rings. The number of anilines is 1. The van der Waals surface area contributed by atoms with Crippen LogP contribution >= 0.6 is 11.6 Å². The standard InChI is InChI=1S/C20H25ClN4O4/c1-20(2,3)29-19(27)25-9-7-24(8-10-25)13-14(12-22)18(26)23-15-5-6-17(28-4)16(21)11-15/h5-6,11,13H,7-10H2,1-4H3,(H,23,26)/b14-13-. The van der Waals surface area contributed by atoms with Crippen LogP contribution in [0, 0.1) is 11.3 Å². The summed E-state index contributed by atoms with van der Waals surface area (Å²) in [5, 5.41) is 12.4. The topological polar surface area (TPSA) is 94.9 Å². The molecule has 0 unspecified atom stereocenters. The van der Waals surface area contributed by atoms with E-state index in [1.807, 2.05) is 31.7 Å². The van der Waals surface area contributed by atoms with Crippen molar-refractivity contribution >= 4 is 29.3 Å². The first kappa shape index (κ1) is 22.4. The molecular weight excluding hydrogens is 396 g/mol. The van der Waals surface area contributed by atoms with Gasteiger partial charge in [-0.25, -0.2) is 4.79 Å². The molecule has 0 aliphatic carbocycles. The zero-order chi connectivity index (χ0) is 21.6. The molecule has 1 aromatic rings. The molecular formula is C20H25ClN4O4. The summed E-state index contributed by atoms with van der Waals surface area (Å²) in [6.45, 7) is 7.32. The SMILES string of the molecule is COc1ccc(NC(=O)/C(C#N)=C\N2CCN(C(=O)OC(C)(C)C)CC2)cc1Cl. The lowest BCUT2D eigenvalue weighted by atomic mass is 10.2. The summed E-state index contributed by atoms with van der Waals surface area (Å²) >= 11 is 6.05. The lowest BCUT2D eigenvalue weighted by molar-refractivity contribution is -0.112. The zero-order valence-electron chi connectivity index (χ0n) is 17.0. The molecule has 1 aliphatic rings. The number of carbonyl (C=O) groups is 2. The van der Waals surface area contributed by atoms with Gasteiger partial charge in [-0.1, -0.05) is 11.6 Å². The molecule has 0 aromatic heterocycles. The van der Waals surface area contributed by atoms with Crippen LogP contribution in [0.1, 0.15) is 20.8 Å². The van der Waals surface area contributed by atoms with Gasteiger partial charge in [0.2, 0.25) is 0 Å². The number of nitrogens with one attached hydrogen (secondary N) is 1. The Hall–Kier alpha value is -2.92. The van der Waals surface area contributed by atoms with Gasteiger partial charge in [0.25, 0.3) is 5.91 Å². The number of rotatable bonds is 4. The third-order valence-electron chi connectivity index (χ3n) is 4.05. The van der Waals surface area contributed by atoms with Crippen LogP contribution in [-0.4, -0.2) is 60.7 Å². The van der Waals surface area contributed by atoms with Crippen molar-refractivity contribution in [3.63, 3.8) is 0 Å². The highest BCUT2D eigenvalue weighted by Gasteiger charge is 2.25. The van der Waals surface area contributed by atoms with E-state index in [4.69, 9.17) is 21.1 Å². The van der Waals surface area contributed by atoms with Gasteiger partial charge in [0.05, 0.1) is 12.1 Å². The van der Waals surface area contributed by atoms with Crippen LogP contribution in [-0.2, 0) is 9.53 Å². The molecule has 1 aromatic carbocycles. The van der Waals surface area contributed by atoms with E-state index >= 15 is 0 Å². The molecule has 0 saturated carbocycles. The number of hydrogen-bond acceptors (Lipinski definition) is 6. The average molecular weight is 421 g/mol. The van der Waals surface area contributed by atoms with E-state index < -0.39 is 11.5 Å². The smallest absolute Gasteiger partial charge is 0.410 e. The minimum atomic E-state index is -0.551. The zero-order valence-corrected chi connectivity index (χ0v) is 17.7. The van der Waals surface area contributed by atoms with Crippen molar-refractivity contribution in [2.75, 3.05) is 38.6 Å². The Morgan fingerprint density at radius 3 is 2.41 bits per heavy atom. The number of amides is 2. The summed E-state index contributed by atoms with van der Waals surface area (Å²) in [5.41, 5.74) is -0.135. The van der Waals surface area contributed by atoms with Gasteiger partial charge in [-0.2, -0.15) is 5.26 Å². The van der Waals surface area contributed by atoms with E-state index in [2.05, 4.69) is 5.32 Å². The number of halogens is 1. The van der Waals surface area contributed by atoms with E-state index in [9.17, 15) is 14.9 Å². The van der Waals surface area contributed by atoms with Gasteiger partial charge < -0.3 is 24.6 Å². The van der Waals surface area contributed by atoms with Crippen molar-refractivity contribution in [2.24, 2.45) is 0 Å². The van der Waals surface area contributed by atoms with Crippen LogP contribution in [0.4, 0.5) is 10.5 Å². The number of hydrogen-bond donors (Lipinski definition) is 1. The van der Waals surface area contributed by atoms with Crippen LogP contribution in [0.2, 0.25) is 5.02 Å². The van der Waals surface area contributed by atoms with Crippen molar-refractivity contribution in [3.05, 3.63) is 35.0 Å². The summed E-state index contributed by atoms with van der Waals surface area (Å²) in [7, 11) is 1.50. The van der Waals surface area contributed by atoms with Crippen molar-refractivity contribution in [1.82, 2.24) is 9.80 Å². The minimum absolute atomic E-state index is 0.0392. The van der Waals surface area contributed by atoms with Crippen molar-refractivity contribution in [1.29, 1.82) is 5.26 Å². The Kier molecular flexibility index (Phi) is 7.35. The van der Waals surface area contributed by atoms with Crippen LogP contribution in [0.5, 0.6) is 5.75 Å². The Balaban J connectivity index is 1.96. The predicted octanol–water partition coefficient (Wildman–Crippen LogP) is 3.25. The summed E-state index contributed by atoms with van der Waals surface area (Å²) in [6, 6.07) is 6.73. The van der Waals surface area contributed by atoms with Gasteiger partial charge in [0.15, 0.2) is 0 Å². The monoisotopic (exact) mass is 420 g/mol. The fourth-order valence-electron chi connectivity index (χ4n) is 2.62. The van der Waals surface area contributed by atoms with Gasteiger partial charge >= 0.3 is 6.09 Å². The van der Waals surface area contributed by atoms with E-state index in [1.54, 1.807) is 23.1 Å². The largest absolute Gasteiger partial charge is 0.495 e. The van der Waals surface area contributed by atoms with Gasteiger partial charge in [-0.3, -0.25) is 4.79 Å². The molecule has 1 saturated heterocycles.